The minimum absolute atomic E-state index is 0.0810. The molecule has 0 aliphatic heterocycles. The van der Waals surface area contributed by atoms with Crippen molar-refractivity contribution in [2.45, 2.75) is 6.92 Å². The fraction of sp³-hybridized carbons (Fsp3) is 0.231. The van der Waals surface area contributed by atoms with Gasteiger partial charge in [0, 0.05) is 24.4 Å². The monoisotopic (exact) mass is 293 g/mol. The lowest BCUT2D eigenvalue weighted by Crippen LogP contribution is -2.25. The number of nitrogens with one attached hydrogen (secondary N) is 2. The van der Waals surface area contributed by atoms with Crippen molar-refractivity contribution in [1.82, 2.24) is 5.32 Å². The largest absolute Gasteiger partial charge is 0.466 e. The fourth-order valence-corrected chi connectivity index (χ4v) is 1.51. The van der Waals surface area contributed by atoms with Gasteiger partial charge in [0.25, 0.3) is 11.6 Å². The van der Waals surface area contributed by atoms with E-state index in [2.05, 4.69) is 15.4 Å². The number of esters is 1. The van der Waals surface area contributed by atoms with Crippen LogP contribution in [0, 0.1) is 17.0 Å². The lowest BCUT2D eigenvalue weighted by molar-refractivity contribution is -0.385. The first-order valence-corrected chi connectivity index (χ1v) is 5.92. The molecular weight excluding hydrogens is 278 g/mol. The summed E-state index contributed by atoms with van der Waals surface area (Å²) in [7, 11) is 2.57. The summed E-state index contributed by atoms with van der Waals surface area (Å²) >= 11 is 0. The van der Waals surface area contributed by atoms with Crippen LogP contribution in [-0.2, 0) is 14.3 Å². The highest BCUT2D eigenvalue weighted by Crippen LogP contribution is 2.23. The third-order valence-electron chi connectivity index (χ3n) is 2.62. The molecular formula is C13H15N3O5. The van der Waals surface area contributed by atoms with Gasteiger partial charge >= 0.3 is 5.97 Å². The molecule has 0 saturated carbocycles. The van der Waals surface area contributed by atoms with Crippen LogP contribution < -0.4 is 10.6 Å². The Morgan fingerprint density at radius 3 is 2.57 bits per heavy atom. The van der Waals surface area contributed by atoms with Crippen LogP contribution in [0.3, 0.4) is 0 Å². The van der Waals surface area contributed by atoms with Crippen molar-refractivity contribution in [2.75, 3.05) is 19.5 Å². The maximum atomic E-state index is 11.7. The topological polar surface area (TPSA) is 111 Å². The van der Waals surface area contributed by atoms with E-state index in [-0.39, 0.29) is 11.4 Å². The summed E-state index contributed by atoms with van der Waals surface area (Å²) in [5.74, 6) is -1.27. The van der Waals surface area contributed by atoms with Crippen molar-refractivity contribution in [1.29, 1.82) is 0 Å². The molecule has 21 heavy (non-hydrogen) atoms. The SMILES string of the molecule is CNC(=O)/C(=C/C(=O)OC)Nc1ccc(C)c([N+](=O)[O-])c1. The van der Waals surface area contributed by atoms with E-state index < -0.39 is 16.8 Å². The number of nitrogens with zero attached hydrogens (tertiary/aromatic N) is 1. The molecule has 1 aromatic carbocycles. The Morgan fingerprint density at radius 2 is 2.05 bits per heavy atom. The molecule has 0 atom stereocenters. The predicted octanol–water partition coefficient (Wildman–Crippen LogP) is 1.12. The standard InChI is InChI=1S/C13H15N3O5/c1-8-4-5-9(6-11(8)16(19)20)15-10(13(18)14-2)7-12(17)21-3/h4-7,15H,1-3H3,(H,14,18)/b10-7-. The minimum atomic E-state index is -0.720. The molecule has 0 aromatic heterocycles. The van der Waals surface area contributed by atoms with E-state index in [1.807, 2.05) is 0 Å². The minimum Gasteiger partial charge on any atom is -0.466 e. The number of aryl methyl sites for hydroxylation is 1. The number of hydrogen-bond donors (Lipinski definition) is 2. The average Bonchev–Trinajstić information content (AvgIpc) is 2.46. The van der Waals surface area contributed by atoms with Crippen molar-refractivity contribution in [2.24, 2.45) is 0 Å². The zero-order valence-electron chi connectivity index (χ0n) is 11.8. The number of carbonyl (C=O) groups is 2. The van der Waals surface area contributed by atoms with Crippen LogP contribution in [0.25, 0.3) is 0 Å². The third kappa shape index (κ3) is 4.30. The number of nitro benzene ring substituents is 1. The Balaban J connectivity index is 3.12. The first-order valence-electron chi connectivity index (χ1n) is 5.92. The molecule has 0 bridgehead atoms. The molecule has 0 heterocycles. The molecule has 0 unspecified atom stereocenters. The van der Waals surface area contributed by atoms with Crippen LogP contribution in [-0.4, -0.2) is 31.0 Å². The summed E-state index contributed by atoms with van der Waals surface area (Å²) in [6.07, 6.45) is 0.963. The molecule has 1 amide bonds. The molecule has 0 aliphatic rings. The van der Waals surface area contributed by atoms with Gasteiger partial charge in [0.15, 0.2) is 0 Å². The van der Waals surface area contributed by atoms with E-state index in [0.29, 0.717) is 11.3 Å². The number of ether oxygens (including phenoxy) is 1. The van der Waals surface area contributed by atoms with Crippen LogP contribution in [0.2, 0.25) is 0 Å². The number of hydrogen-bond acceptors (Lipinski definition) is 6. The molecule has 8 heteroatoms. The van der Waals surface area contributed by atoms with E-state index in [4.69, 9.17) is 0 Å². The van der Waals surface area contributed by atoms with Gasteiger partial charge in [-0.1, -0.05) is 6.07 Å². The van der Waals surface area contributed by atoms with Crippen molar-refractivity contribution in [3.05, 3.63) is 45.6 Å². The van der Waals surface area contributed by atoms with Crippen LogP contribution in [0.15, 0.2) is 30.0 Å². The van der Waals surface area contributed by atoms with Crippen LogP contribution in [0.4, 0.5) is 11.4 Å². The Kier molecular flexibility index (Phi) is 5.41. The molecule has 112 valence electrons. The van der Waals surface area contributed by atoms with Crippen LogP contribution in [0.5, 0.6) is 0 Å². The summed E-state index contributed by atoms with van der Waals surface area (Å²) < 4.78 is 4.45. The Hall–Kier alpha value is -2.90. The Bertz CT molecular complexity index is 610. The number of anilines is 1. The highest BCUT2D eigenvalue weighted by Gasteiger charge is 2.14. The van der Waals surface area contributed by atoms with Crippen molar-refractivity contribution in [3.63, 3.8) is 0 Å². The number of rotatable bonds is 5. The third-order valence-corrected chi connectivity index (χ3v) is 2.62. The van der Waals surface area contributed by atoms with Crippen molar-refractivity contribution >= 4 is 23.3 Å². The van der Waals surface area contributed by atoms with E-state index in [0.717, 1.165) is 6.08 Å². The highest BCUT2D eigenvalue weighted by atomic mass is 16.6. The quantitative estimate of drug-likeness (QED) is 0.364. The smallest absolute Gasteiger partial charge is 0.332 e. The number of likely N-dealkylation sites (N-methyl/N-ethyl adjacent to an activating group) is 1. The van der Waals surface area contributed by atoms with Gasteiger partial charge in [0.1, 0.15) is 5.70 Å². The normalized spacial score (nSPS) is 10.7. The van der Waals surface area contributed by atoms with Gasteiger partial charge in [0.2, 0.25) is 0 Å². The van der Waals surface area contributed by atoms with Gasteiger partial charge in [0.05, 0.1) is 18.1 Å². The number of amides is 1. The molecule has 0 spiro atoms. The number of carbonyl (C=O) groups excluding carboxylic acids is 2. The number of benzene rings is 1. The highest BCUT2D eigenvalue weighted by molar-refractivity contribution is 6.01. The van der Waals surface area contributed by atoms with Crippen LogP contribution in [0.1, 0.15) is 5.56 Å². The Morgan fingerprint density at radius 1 is 1.38 bits per heavy atom. The second-order valence-corrected chi connectivity index (χ2v) is 4.04. The fourth-order valence-electron chi connectivity index (χ4n) is 1.51. The first-order chi connectivity index (χ1) is 9.88. The van der Waals surface area contributed by atoms with Gasteiger partial charge < -0.3 is 15.4 Å². The molecule has 8 nitrogen and oxygen atoms in total. The van der Waals surface area contributed by atoms with Gasteiger partial charge in [-0.05, 0) is 13.0 Å². The molecule has 0 aliphatic carbocycles. The maximum absolute atomic E-state index is 11.7. The van der Waals surface area contributed by atoms with E-state index in [1.165, 1.54) is 20.2 Å². The van der Waals surface area contributed by atoms with E-state index >= 15 is 0 Å². The van der Waals surface area contributed by atoms with E-state index in [9.17, 15) is 19.7 Å². The first kappa shape index (κ1) is 16.2. The van der Waals surface area contributed by atoms with Gasteiger partial charge in [-0.2, -0.15) is 0 Å². The summed E-state index contributed by atoms with van der Waals surface area (Å²) in [5.41, 5.74) is 0.631. The molecule has 0 fully saturated rings. The van der Waals surface area contributed by atoms with Gasteiger partial charge in [-0.15, -0.1) is 0 Å². The molecule has 1 rings (SSSR count). The Labute approximate surface area is 120 Å². The van der Waals surface area contributed by atoms with Crippen LogP contribution >= 0.6 is 0 Å². The summed E-state index contributed by atoms with van der Waals surface area (Å²) in [6, 6.07) is 4.39. The summed E-state index contributed by atoms with van der Waals surface area (Å²) in [5, 5.41) is 15.9. The van der Waals surface area contributed by atoms with Gasteiger partial charge in [-0.25, -0.2) is 4.79 Å². The predicted molar refractivity (Wildman–Crippen MR) is 75.6 cm³/mol. The lowest BCUT2D eigenvalue weighted by atomic mass is 10.2. The van der Waals surface area contributed by atoms with Crippen molar-refractivity contribution < 1.29 is 19.2 Å². The summed E-state index contributed by atoms with van der Waals surface area (Å²) in [4.78, 5) is 33.3. The molecule has 0 radical (unpaired) electrons. The van der Waals surface area contributed by atoms with Crippen molar-refractivity contribution in [3.8, 4) is 0 Å². The molecule has 0 saturated heterocycles. The second-order valence-electron chi connectivity index (χ2n) is 4.04. The summed E-state index contributed by atoms with van der Waals surface area (Å²) in [6.45, 7) is 1.60. The number of methoxy groups -OCH3 is 1. The molecule has 2 N–H and O–H groups in total. The zero-order chi connectivity index (χ0) is 16.0. The molecule has 1 aromatic rings. The lowest BCUT2D eigenvalue weighted by Gasteiger charge is -2.10. The number of nitro groups is 1. The second kappa shape index (κ2) is 7.04. The zero-order valence-corrected chi connectivity index (χ0v) is 11.8. The van der Waals surface area contributed by atoms with Gasteiger partial charge in [-0.3, -0.25) is 14.9 Å². The van der Waals surface area contributed by atoms with E-state index in [1.54, 1.807) is 19.1 Å². The average molecular weight is 293 g/mol. The maximum Gasteiger partial charge on any atom is 0.332 e.